The first-order valence-electron chi connectivity index (χ1n) is 13.3. The monoisotopic (exact) mass is 578 g/mol. The number of hydrogen-bond acceptors (Lipinski definition) is 6. The van der Waals surface area contributed by atoms with Crippen molar-refractivity contribution in [2.45, 2.75) is 39.6 Å². The van der Waals surface area contributed by atoms with Crippen molar-refractivity contribution in [2.24, 2.45) is 0 Å². The minimum absolute atomic E-state index is 0.181. The summed E-state index contributed by atoms with van der Waals surface area (Å²) in [6, 6.07) is 34.2. The molecule has 41 heavy (non-hydrogen) atoms. The lowest BCUT2D eigenvalue weighted by Gasteiger charge is -2.16. The largest absolute Gasteiger partial charge is 0.274 e. The zero-order chi connectivity index (χ0) is 28.3. The third kappa shape index (κ3) is 5.85. The summed E-state index contributed by atoms with van der Waals surface area (Å²) < 4.78 is 0. The minimum atomic E-state index is -0.426. The fraction of sp³-hybridized carbons (Fsp3) is 0.152. The van der Waals surface area contributed by atoms with Crippen LogP contribution in [-0.2, 0) is 25.6 Å². The molecule has 8 heteroatoms. The molecule has 4 aromatic rings. The first kappa shape index (κ1) is 27.1. The molecule has 2 saturated heterocycles. The van der Waals surface area contributed by atoms with Gasteiger partial charge in [0.2, 0.25) is 23.6 Å². The maximum absolute atomic E-state index is 13.0. The molecule has 0 aromatic heterocycles. The van der Waals surface area contributed by atoms with Crippen molar-refractivity contribution in [3.63, 3.8) is 0 Å². The Morgan fingerprint density at radius 1 is 0.512 bits per heavy atom. The molecule has 2 aliphatic heterocycles. The van der Waals surface area contributed by atoms with Crippen molar-refractivity contribution in [1.82, 2.24) is 0 Å². The van der Waals surface area contributed by atoms with Gasteiger partial charge in [-0.05, 0) is 66.1 Å². The predicted octanol–water partition coefficient (Wildman–Crippen LogP) is 6.13. The van der Waals surface area contributed by atoms with Gasteiger partial charge in [-0.15, -0.1) is 23.5 Å². The molecule has 0 spiro atoms. The first-order chi connectivity index (χ1) is 20.0. The van der Waals surface area contributed by atoms with Gasteiger partial charge in [0, 0.05) is 22.6 Å². The van der Waals surface area contributed by atoms with Gasteiger partial charge in [0.1, 0.15) is 0 Å². The number of nitrogens with zero attached hydrogens (tertiary/aromatic N) is 2. The Hall–Kier alpha value is -4.14. The standard InChI is InChI=1S/C33H26N2O4S2/c36-30-20-28(40-26-7-3-1-4-8-26)32(38)34(30)24-15-11-22(12-16-24)19-23-13-17-25(18-14-23)35-31(37)21-29(33(35)39)41-27-9-5-2-6-10-27/h1-18,28-29H,19-21H2. The smallest absolute Gasteiger partial charge is 0.247 e. The number of imide groups is 2. The van der Waals surface area contributed by atoms with E-state index in [0.717, 1.165) is 20.9 Å². The molecule has 2 fully saturated rings. The average molecular weight is 579 g/mol. The van der Waals surface area contributed by atoms with Crippen molar-refractivity contribution in [1.29, 1.82) is 0 Å². The second kappa shape index (κ2) is 11.8. The molecule has 0 aliphatic carbocycles. The third-order valence-electron chi connectivity index (χ3n) is 7.05. The highest BCUT2D eigenvalue weighted by atomic mass is 32.2. The van der Waals surface area contributed by atoms with Crippen LogP contribution in [0.25, 0.3) is 0 Å². The molecule has 2 heterocycles. The van der Waals surface area contributed by atoms with E-state index in [4.69, 9.17) is 0 Å². The van der Waals surface area contributed by atoms with Crippen molar-refractivity contribution >= 4 is 58.5 Å². The second-order valence-electron chi connectivity index (χ2n) is 9.89. The Kier molecular flexibility index (Phi) is 7.76. The van der Waals surface area contributed by atoms with Crippen LogP contribution in [0.3, 0.4) is 0 Å². The van der Waals surface area contributed by atoms with E-state index in [0.29, 0.717) is 17.8 Å². The zero-order valence-electron chi connectivity index (χ0n) is 22.0. The van der Waals surface area contributed by atoms with Gasteiger partial charge in [0.15, 0.2) is 0 Å². The maximum Gasteiger partial charge on any atom is 0.247 e. The summed E-state index contributed by atoms with van der Waals surface area (Å²) in [5.74, 6) is -0.769. The van der Waals surface area contributed by atoms with Gasteiger partial charge in [-0.2, -0.15) is 0 Å². The third-order valence-corrected chi connectivity index (χ3v) is 9.45. The molecule has 0 N–H and O–H groups in total. The van der Waals surface area contributed by atoms with Crippen molar-refractivity contribution in [3.8, 4) is 0 Å². The number of rotatable bonds is 8. The van der Waals surface area contributed by atoms with Gasteiger partial charge < -0.3 is 0 Å². The van der Waals surface area contributed by atoms with Gasteiger partial charge in [-0.25, -0.2) is 9.80 Å². The zero-order valence-corrected chi connectivity index (χ0v) is 23.6. The Balaban J connectivity index is 1.08. The SMILES string of the molecule is O=C1CC(Sc2ccccc2)C(=O)N1c1ccc(Cc2ccc(N3C(=O)CC(Sc4ccccc4)C3=O)cc2)cc1. The van der Waals surface area contributed by atoms with Crippen LogP contribution in [0.4, 0.5) is 11.4 Å². The van der Waals surface area contributed by atoms with Crippen LogP contribution in [0, 0.1) is 0 Å². The highest BCUT2D eigenvalue weighted by Gasteiger charge is 2.41. The highest BCUT2D eigenvalue weighted by Crippen LogP contribution is 2.35. The second-order valence-corrected chi connectivity index (χ2v) is 12.4. The summed E-state index contributed by atoms with van der Waals surface area (Å²) >= 11 is 2.84. The fourth-order valence-corrected chi connectivity index (χ4v) is 7.17. The van der Waals surface area contributed by atoms with Crippen molar-refractivity contribution in [3.05, 3.63) is 120 Å². The van der Waals surface area contributed by atoms with E-state index in [1.807, 2.05) is 84.9 Å². The number of thioether (sulfide) groups is 2. The summed E-state index contributed by atoms with van der Waals surface area (Å²) in [7, 11) is 0. The Morgan fingerprint density at radius 3 is 1.24 bits per heavy atom. The molecular weight excluding hydrogens is 553 g/mol. The molecule has 2 atom stereocenters. The number of benzene rings is 4. The predicted molar refractivity (Wildman–Crippen MR) is 162 cm³/mol. The van der Waals surface area contributed by atoms with E-state index in [2.05, 4.69) is 0 Å². The number of carbonyl (C=O) groups is 4. The Morgan fingerprint density at radius 2 is 0.878 bits per heavy atom. The van der Waals surface area contributed by atoms with Crippen LogP contribution in [0.2, 0.25) is 0 Å². The van der Waals surface area contributed by atoms with Gasteiger partial charge in [-0.1, -0.05) is 60.7 Å². The minimum Gasteiger partial charge on any atom is -0.274 e. The summed E-state index contributed by atoms with van der Waals surface area (Å²) in [5.41, 5.74) is 3.18. The lowest BCUT2D eigenvalue weighted by molar-refractivity contribution is -0.122. The maximum atomic E-state index is 13.0. The van der Waals surface area contributed by atoms with Crippen LogP contribution in [0.1, 0.15) is 24.0 Å². The number of anilines is 2. The fourth-order valence-electron chi connectivity index (χ4n) is 5.02. The molecule has 6 nitrogen and oxygen atoms in total. The van der Waals surface area contributed by atoms with E-state index >= 15 is 0 Å². The van der Waals surface area contributed by atoms with E-state index in [1.54, 1.807) is 24.3 Å². The molecule has 4 amide bonds. The lowest BCUT2D eigenvalue weighted by atomic mass is 10.0. The van der Waals surface area contributed by atoms with Crippen LogP contribution in [-0.4, -0.2) is 34.1 Å². The van der Waals surface area contributed by atoms with E-state index < -0.39 is 10.5 Å². The Labute approximate surface area is 246 Å². The molecule has 0 bridgehead atoms. The van der Waals surface area contributed by atoms with Gasteiger partial charge in [-0.3, -0.25) is 19.2 Å². The molecule has 204 valence electrons. The summed E-state index contributed by atoms with van der Waals surface area (Å²) in [6.45, 7) is 0. The van der Waals surface area contributed by atoms with Gasteiger partial charge >= 0.3 is 0 Å². The van der Waals surface area contributed by atoms with Crippen LogP contribution >= 0.6 is 23.5 Å². The molecule has 2 unspecified atom stereocenters. The summed E-state index contributed by atoms with van der Waals surface area (Å²) in [5, 5.41) is -0.852. The van der Waals surface area contributed by atoms with E-state index in [-0.39, 0.29) is 36.5 Å². The van der Waals surface area contributed by atoms with Gasteiger partial charge in [0.25, 0.3) is 0 Å². The highest BCUT2D eigenvalue weighted by molar-refractivity contribution is 8.01. The van der Waals surface area contributed by atoms with Crippen LogP contribution in [0.15, 0.2) is 119 Å². The topological polar surface area (TPSA) is 74.8 Å². The summed E-state index contributed by atoms with van der Waals surface area (Å²) in [6.07, 6.45) is 0.990. The normalized spacial score (nSPS) is 18.9. The number of hydrogen-bond donors (Lipinski definition) is 0. The van der Waals surface area contributed by atoms with E-state index in [1.165, 1.54) is 33.3 Å². The van der Waals surface area contributed by atoms with Crippen LogP contribution < -0.4 is 9.80 Å². The quantitative estimate of drug-likeness (QED) is 0.234. The number of carbonyl (C=O) groups excluding carboxylic acids is 4. The van der Waals surface area contributed by atoms with Crippen molar-refractivity contribution < 1.29 is 19.2 Å². The van der Waals surface area contributed by atoms with Gasteiger partial charge in [0.05, 0.1) is 21.9 Å². The summed E-state index contributed by atoms with van der Waals surface area (Å²) in [4.78, 5) is 55.9. The lowest BCUT2D eigenvalue weighted by Crippen LogP contribution is -2.31. The van der Waals surface area contributed by atoms with Crippen LogP contribution in [0.5, 0.6) is 0 Å². The number of amides is 4. The molecule has 6 rings (SSSR count). The van der Waals surface area contributed by atoms with E-state index in [9.17, 15) is 19.2 Å². The molecule has 0 saturated carbocycles. The first-order valence-corrected chi connectivity index (χ1v) is 15.1. The van der Waals surface area contributed by atoms with Crippen molar-refractivity contribution in [2.75, 3.05) is 9.80 Å². The molecule has 2 aliphatic rings. The average Bonchev–Trinajstić information content (AvgIpc) is 3.43. The molecule has 0 radical (unpaired) electrons. The molecular formula is C33H26N2O4S2. The molecule has 4 aromatic carbocycles. The Bertz CT molecular complexity index is 1470.